The number of amides is 2. The van der Waals surface area contributed by atoms with Crippen LogP contribution < -0.4 is 5.32 Å². The van der Waals surface area contributed by atoms with Gasteiger partial charge in [-0.15, -0.1) is 0 Å². The molecule has 0 bridgehead atoms. The lowest BCUT2D eigenvalue weighted by atomic mass is 9.99. The summed E-state index contributed by atoms with van der Waals surface area (Å²) < 4.78 is 0. The fourth-order valence-electron chi connectivity index (χ4n) is 2.60. The van der Waals surface area contributed by atoms with Crippen molar-refractivity contribution in [1.29, 1.82) is 0 Å². The van der Waals surface area contributed by atoms with Gasteiger partial charge in [0.15, 0.2) is 0 Å². The van der Waals surface area contributed by atoms with Crippen molar-refractivity contribution < 1.29 is 19.5 Å². The smallest absolute Gasteiger partial charge is 0.335 e. The summed E-state index contributed by atoms with van der Waals surface area (Å²) >= 11 is 0. The molecule has 0 radical (unpaired) electrons. The number of carboxylic acids is 1. The van der Waals surface area contributed by atoms with Crippen LogP contribution in [0.5, 0.6) is 0 Å². The van der Waals surface area contributed by atoms with Gasteiger partial charge >= 0.3 is 5.97 Å². The topological polar surface area (TPSA) is 83.5 Å². The third kappa shape index (κ3) is 7.79. The molecule has 1 unspecified atom stereocenters. The van der Waals surface area contributed by atoms with Gasteiger partial charge in [0.25, 0.3) is 0 Å². The minimum absolute atomic E-state index is 0.0378. The van der Waals surface area contributed by atoms with E-state index >= 15 is 0 Å². The average molecular weight is 345 g/mol. The van der Waals surface area contributed by atoms with E-state index in [4.69, 9.17) is 5.11 Å². The van der Waals surface area contributed by atoms with Crippen LogP contribution in [0.3, 0.4) is 0 Å². The Morgan fingerprint density at radius 3 is 2.32 bits per heavy atom. The molecule has 136 valence electrons. The highest BCUT2D eigenvalue weighted by atomic mass is 16.4. The van der Waals surface area contributed by atoms with Crippen molar-refractivity contribution in [1.82, 2.24) is 5.32 Å². The summed E-state index contributed by atoms with van der Waals surface area (Å²) in [7, 11) is 0. The summed E-state index contributed by atoms with van der Waals surface area (Å²) in [6, 6.07) is 8.83. The molecule has 25 heavy (non-hydrogen) atoms. The highest BCUT2D eigenvalue weighted by molar-refractivity contribution is 6.14. The number of unbranched alkanes of at least 4 members (excludes halogenated alkanes) is 4. The van der Waals surface area contributed by atoms with Crippen LogP contribution in [0.25, 0.3) is 5.57 Å². The highest BCUT2D eigenvalue weighted by Gasteiger charge is 2.29. The van der Waals surface area contributed by atoms with Gasteiger partial charge in [0.1, 0.15) is 0 Å². The van der Waals surface area contributed by atoms with Crippen LogP contribution in [0.15, 0.2) is 36.9 Å². The Bertz CT molecular complexity index is 595. The van der Waals surface area contributed by atoms with Gasteiger partial charge in [-0.2, -0.15) is 0 Å². The molecule has 5 heteroatoms. The van der Waals surface area contributed by atoms with Crippen molar-refractivity contribution in [3.8, 4) is 0 Å². The predicted octanol–water partition coefficient (Wildman–Crippen LogP) is 3.79. The molecule has 1 aromatic carbocycles. The lowest BCUT2D eigenvalue weighted by molar-refractivity contribution is -0.130. The lowest BCUT2D eigenvalue weighted by Gasteiger charge is -2.04. The summed E-state index contributed by atoms with van der Waals surface area (Å²) in [5.41, 5.74) is 0.783. The Kier molecular flexibility index (Phi) is 9.22. The molecular weight excluding hydrogens is 318 g/mol. The fourth-order valence-corrected chi connectivity index (χ4v) is 2.60. The molecule has 2 rings (SSSR count). The second-order valence-electron chi connectivity index (χ2n) is 6.17. The number of carboxylic acid groups (broad SMARTS) is 1. The predicted molar refractivity (Wildman–Crippen MR) is 97.7 cm³/mol. The Balaban J connectivity index is 0.000000257. The molecule has 0 aliphatic carbocycles. The second kappa shape index (κ2) is 11.2. The first-order valence-electron chi connectivity index (χ1n) is 8.77. The van der Waals surface area contributed by atoms with E-state index in [0.29, 0.717) is 12.0 Å². The van der Waals surface area contributed by atoms with E-state index in [0.717, 1.165) is 12.8 Å². The zero-order chi connectivity index (χ0) is 18.7. The summed E-state index contributed by atoms with van der Waals surface area (Å²) in [4.78, 5) is 32.4. The first-order chi connectivity index (χ1) is 12.0. The van der Waals surface area contributed by atoms with Gasteiger partial charge in [-0.3, -0.25) is 14.9 Å². The summed E-state index contributed by atoms with van der Waals surface area (Å²) in [6.45, 7) is 5.61. The second-order valence-corrected chi connectivity index (χ2v) is 6.17. The maximum atomic E-state index is 11.2. The molecule has 1 saturated heterocycles. The number of imide groups is 1. The number of hydrogen-bond donors (Lipinski definition) is 2. The van der Waals surface area contributed by atoms with E-state index in [-0.39, 0.29) is 23.3 Å². The van der Waals surface area contributed by atoms with Crippen molar-refractivity contribution in [3.05, 3.63) is 42.5 Å². The van der Waals surface area contributed by atoms with Gasteiger partial charge in [-0.25, -0.2) is 4.79 Å². The molecule has 2 amide bonds. The first-order valence-corrected chi connectivity index (χ1v) is 8.77. The van der Waals surface area contributed by atoms with Crippen LogP contribution in [-0.4, -0.2) is 22.9 Å². The minimum atomic E-state index is -0.976. The number of nitrogens with one attached hydrogen (secondary N) is 1. The van der Waals surface area contributed by atoms with Crippen molar-refractivity contribution in [2.45, 2.75) is 51.9 Å². The van der Waals surface area contributed by atoms with Crippen molar-refractivity contribution in [2.24, 2.45) is 5.92 Å². The van der Waals surface area contributed by atoms with E-state index in [1.165, 1.54) is 25.7 Å². The van der Waals surface area contributed by atoms with E-state index < -0.39 is 5.97 Å². The van der Waals surface area contributed by atoms with Gasteiger partial charge in [0.05, 0.1) is 5.57 Å². The Morgan fingerprint density at radius 2 is 1.80 bits per heavy atom. The monoisotopic (exact) mass is 345 g/mol. The number of carbonyl (C=O) groups is 3. The molecule has 0 spiro atoms. The minimum Gasteiger partial charge on any atom is -0.478 e. The van der Waals surface area contributed by atoms with Gasteiger partial charge in [-0.1, -0.05) is 75.9 Å². The Hall–Kier alpha value is -2.43. The molecular formula is C20H27NO4. The highest BCUT2D eigenvalue weighted by Crippen LogP contribution is 2.18. The zero-order valence-electron chi connectivity index (χ0n) is 14.8. The number of rotatable bonds is 8. The van der Waals surface area contributed by atoms with Crippen LogP contribution in [0.2, 0.25) is 0 Å². The van der Waals surface area contributed by atoms with Crippen molar-refractivity contribution in [3.63, 3.8) is 0 Å². The van der Waals surface area contributed by atoms with Crippen LogP contribution in [0, 0.1) is 5.92 Å². The third-order valence-electron chi connectivity index (χ3n) is 4.10. The number of carbonyl (C=O) groups excluding carboxylic acids is 2. The van der Waals surface area contributed by atoms with E-state index in [9.17, 15) is 14.4 Å². The van der Waals surface area contributed by atoms with Gasteiger partial charge in [-0.05, 0) is 12.0 Å². The molecule has 1 heterocycles. The zero-order valence-corrected chi connectivity index (χ0v) is 14.8. The molecule has 1 aromatic rings. The lowest BCUT2D eigenvalue weighted by Crippen LogP contribution is -2.21. The van der Waals surface area contributed by atoms with Crippen molar-refractivity contribution >= 4 is 23.4 Å². The summed E-state index contributed by atoms with van der Waals surface area (Å²) in [6.07, 6.45) is 7.31. The Morgan fingerprint density at radius 1 is 1.16 bits per heavy atom. The van der Waals surface area contributed by atoms with Gasteiger partial charge < -0.3 is 5.11 Å². The van der Waals surface area contributed by atoms with Gasteiger partial charge in [0, 0.05) is 12.3 Å². The Labute approximate surface area is 149 Å². The summed E-state index contributed by atoms with van der Waals surface area (Å²) in [5.74, 6) is -1.18. The van der Waals surface area contributed by atoms with Crippen LogP contribution in [0.4, 0.5) is 0 Å². The molecule has 1 atom stereocenters. The van der Waals surface area contributed by atoms with Crippen LogP contribution in [-0.2, 0) is 14.4 Å². The largest absolute Gasteiger partial charge is 0.478 e. The molecule has 1 aliphatic rings. The number of hydrogen-bond acceptors (Lipinski definition) is 3. The quantitative estimate of drug-likeness (QED) is 0.426. The molecule has 5 nitrogen and oxygen atoms in total. The van der Waals surface area contributed by atoms with E-state index in [1.807, 2.05) is 6.07 Å². The average Bonchev–Trinajstić information content (AvgIpc) is 2.93. The maximum absolute atomic E-state index is 11.2. The first kappa shape index (κ1) is 20.6. The molecule has 1 aliphatic heterocycles. The fraction of sp³-hybridized carbons (Fsp3) is 0.450. The van der Waals surface area contributed by atoms with Gasteiger partial charge in [0.2, 0.25) is 11.8 Å². The number of benzene rings is 1. The molecule has 1 fully saturated rings. The normalized spacial score (nSPS) is 16.0. The van der Waals surface area contributed by atoms with Crippen LogP contribution >= 0.6 is 0 Å². The third-order valence-corrected chi connectivity index (χ3v) is 4.10. The maximum Gasteiger partial charge on any atom is 0.335 e. The van der Waals surface area contributed by atoms with E-state index in [2.05, 4.69) is 18.8 Å². The molecule has 0 aromatic heterocycles. The molecule has 2 N–H and O–H groups in total. The molecule has 0 saturated carbocycles. The van der Waals surface area contributed by atoms with Crippen molar-refractivity contribution in [2.75, 3.05) is 0 Å². The number of aliphatic carboxylic acids is 1. The standard InChI is InChI=1S/C11H19NO2.C9H8O2/c1-2-3-4-5-6-7-9-8-10(13)12-11(9)14;1-7(9(10)11)8-5-3-2-4-6-8/h9H,2-8H2,1H3,(H,12,13,14);2-6H,1H2,(H,10,11). The SMILES string of the molecule is C=C(C(=O)O)c1ccccc1.CCCCCCCC1CC(=O)NC1=O. The van der Waals surface area contributed by atoms with Crippen LogP contribution in [0.1, 0.15) is 57.4 Å². The summed E-state index contributed by atoms with van der Waals surface area (Å²) in [5, 5.41) is 10.9. The van der Waals surface area contributed by atoms with E-state index in [1.54, 1.807) is 24.3 Å².